The van der Waals surface area contributed by atoms with Gasteiger partial charge in [0, 0.05) is 31.2 Å². The maximum absolute atomic E-state index is 13.6. The molecule has 1 fully saturated rings. The molecule has 1 aliphatic heterocycles. The molecule has 29 heavy (non-hydrogen) atoms. The van der Waals surface area contributed by atoms with E-state index in [0.29, 0.717) is 22.6 Å². The van der Waals surface area contributed by atoms with E-state index < -0.39 is 11.8 Å². The second-order valence-corrected chi connectivity index (χ2v) is 7.83. The quantitative estimate of drug-likeness (QED) is 0.639. The fourth-order valence-electron chi connectivity index (χ4n) is 3.62. The van der Waals surface area contributed by atoms with E-state index in [1.807, 2.05) is 4.57 Å². The summed E-state index contributed by atoms with van der Waals surface area (Å²) >= 11 is 12.3. The predicted octanol–water partition coefficient (Wildman–Crippen LogP) is 3.57. The number of imidazole rings is 1. The highest BCUT2D eigenvalue weighted by Gasteiger charge is 2.22. The van der Waals surface area contributed by atoms with Crippen molar-refractivity contribution in [2.24, 2.45) is 0 Å². The number of nitrogens with one attached hydrogen (secondary N) is 1. The zero-order valence-corrected chi connectivity index (χ0v) is 17.0. The molecule has 4 rings (SSSR count). The van der Waals surface area contributed by atoms with E-state index in [1.54, 1.807) is 24.3 Å². The van der Waals surface area contributed by atoms with Crippen LogP contribution in [-0.2, 0) is 17.8 Å². The van der Waals surface area contributed by atoms with Gasteiger partial charge in [-0.3, -0.25) is 4.79 Å². The molecule has 6 nitrogen and oxygen atoms in total. The molecular formula is C20H19Cl2FN4O2. The molecule has 2 aromatic carbocycles. The number of fused-ring (bicyclic) bond motifs is 1. The maximum atomic E-state index is 13.6. The van der Waals surface area contributed by atoms with Gasteiger partial charge in [0.15, 0.2) is 0 Å². The Balaban J connectivity index is 1.87. The zero-order valence-electron chi connectivity index (χ0n) is 15.5. The molecule has 2 N–H and O–H groups in total. The lowest BCUT2D eigenvalue weighted by molar-refractivity contribution is -0.136. The van der Waals surface area contributed by atoms with Crippen LogP contribution in [-0.4, -0.2) is 46.8 Å². The maximum Gasteiger partial charge on any atom is 0.307 e. The zero-order chi connectivity index (χ0) is 20.5. The van der Waals surface area contributed by atoms with E-state index in [1.165, 1.54) is 6.07 Å². The molecule has 0 radical (unpaired) electrons. The average Bonchev–Trinajstić information content (AvgIpc) is 3.03. The van der Waals surface area contributed by atoms with Crippen LogP contribution in [0.5, 0.6) is 0 Å². The number of halogens is 3. The smallest absolute Gasteiger partial charge is 0.307 e. The number of piperazine rings is 1. The highest BCUT2D eigenvalue weighted by atomic mass is 35.5. The van der Waals surface area contributed by atoms with Crippen molar-refractivity contribution in [3.8, 4) is 0 Å². The number of carboxylic acid groups (broad SMARTS) is 1. The largest absolute Gasteiger partial charge is 0.481 e. The molecule has 0 saturated carbocycles. The van der Waals surface area contributed by atoms with Crippen LogP contribution >= 0.6 is 23.2 Å². The molecule has 0 unspecified atom stereocenters. The number of benzene rings is 2. The Morgan fingerprint density at radius 3 is 2.66 bits per heavy atom. The van der Waals surface area contributed by atoms with Crippen LogP contribution < -0.4 is 10.2 Å². The summed E-state index contributed by atoms with van der Waals surface area (Å²) in [6, 6.07) is 8.03. The Labute approximate surface area is 176 Å². The van der Waals surface area contributed by atoms with Gasteiger partial charge in [-0.2, -0.15) is 0 Å². The molecule has 152 valence electrons. The van der Waals surface area contributed by atoms with Gasteiger partial charge in [-0.25, -0.2) is 9.37 Å². The Bertz CT molecular complexity index is 1080. The lowest BCUT2D eigenvalue weighted by Crippen LogP contribution is -2.44. The summed E-state index contributed by atoms with van der Waals surface area (Å²) in [5.74, 6) is -0.687. The van der Waals surface area contributed by atoms with Crippen LogP contribution in [0, 0.1) is 5.82 Å². The number of hydrogen-bond donors (Lipinski definition) is 2. The van der Waals surface area contributed by atoms with E-state index in [9.17, 15) is 14.3 Å². The Morgan fingerprint density at radius 1 is 1.21 bits per heavy atom. The van der Waals surface area contributed by atoms with E-state index in [-0.39, 0.29) is 11.4 Å². The molecule has 0 atom stereocenters. The number of carbonyl (C=O) groups is 1. The van der Waals surface area contributed by atoms with Gasteiger partial charge in [0.1, 0.15) is 5.82 Å². The second-order valence-electron chi connectivity index (χ2n) is 6.99. The highest BCUT2D eigenvalue weighted by molar-refractivity contribution is 6.31. The summed E-state index contributed by atoms with van der Waals surface area (Å²) in [4.78, 5) is 18.3. The first-order chi connectivity index (χ1) is 13.9. The molecule has 3 aromatic rings. The number of aliphatic carboxylic acids is 1. The Hall–Kier alpha value is -2.35. The minimum absolute atomic E-state index is 0.0558. The van der Waals surface area contributed by atoms with E-state index >= 15 is 0 Å². The fraction of sp³-hybridized carbons (Fsp3) is 0.300. The Kier molecular flexibility index (Phi) is 5.63. The average molecular weight is 437 g/mol. The number of anilines is 1. The van der Waals surface area contributed by atoms with Crippen LogP contribution in [0.4, 0.5) is 10.3 Å². The third kappa shape index (κ3) is 4.17. The third-order valence-electron chi connectivity index (χ3n) is 4.94. The van der Waals surface area contributed by atoms with Gasteiger partial charge in [-0.1, -0.05) is 29.3 Å². The normalized spacial score (nSPS) is 14.5. The summed E-state index contributed by atoms with van der Waals surface area (Å²) in [6.45, 7) is 3.61. The lowest BCUT2D eigenvalue weighted by Gasteiger charge is -2.29. The van der Waals surface area contributed by atoms with Gasteiger partial charge in [-0.05, 0) is 35.4 Å². The number of rotatable bonds is 5. The summed E-state index contributed by atoms with van der Waals surface area (Å²) < 4.78 is 15.6. The van der Waals surface area contributed by atoms with E-state index in [0.717, 1.165) is 43.2 Å². The van der Waals surface area contributed by atoms with Gasteiger partial charge in [0.25, 0.3) is 0 Å². The molecule has 0 spiro atoms. The first kappa shape index (κ1) is 19.9. The Morgan fingerprint density at radius 2 is 1.97 bits per heavy atom. The van der Waals surface area contributed by atoms with Gasteiger partial charge < -0.3 is 19.9 Å². The topological polar surface area (TPSA) is 70.4 Å². The van der Waals surface area contributed by atoms with Crippen molar-refractivity contribution < 1.29 is 14.3 Å². The highest BCUT2D eigenvalue weighted by Crippen LogP contribution is 2.30. The predicted molar refractivity (Wildman–Crippen MR) is 112 cm³/mol. The SMILES string of the molecule is O=C(O)Cc1cc(Cl)cc2c1nc(N1CCNCC1)n2Cc1ccc(F)c(Cl)c1. The van der Waals surface area contributed by atoms with Crippen LogP contribution in [0.1, 0.15) is 11.1 Å². The van der Waals surface area contributed by atoms with Gasteiger partial charge >= 0.3 is 5.97 Å². The minimum atomic E-state index is -0.947. The van der Waals surface area contributed by atoms with Crippen LogP contribution in [0.25, 0.3) is 11.0 Å². The lowest BCUT2D eigenvalue weighted by atomic mass is 10.1. The number of hydrogen-bond acceptors (Lipinski definition) is 4. The van der Waals surface area contributed by atoms with Crippen molar-refractivity contribution in [2.45, 2.75) is 13.0 Å². The molecule has 1 saturated heterocycles. The minimum Gasteiger partial charge on any atom is -0.481 e. The summed E-state index contributed by atoms with van der Waals surface area (Å²) in [6.07, 6.45) is -0.169. The van der Waals surface area contributed by atoms with Gasteiger partial charge in [-0.15, -0.1) is 0 Å². The summed E-state index contributed by atoms with van der Waals surface area (Å²) in [5.41, 5.74) is 2.72. The second kappa shape index (κ2) is 8.18. The molecule has 1 aliphatic rings. The van der Waals surface area contributed by atoms with E-state index in [2.05, 4.69) is 10.2 Å². The standard InChI is InChI=1S/C20H19Cl2FN4O2/c21-14-8-13(9-18(28)29)19-17(10-14)27(11-12-1-2-16(23)15(22)7-12)20(25-19)26-5-3-24-4-6-26/h1-2,7-8,10,24H,3-6,9,11H2,(H,28,29). The molecule has 1 aromatic heterocycles. The third-order valence-corrected chi connectivity index (χ3v) is 5.45. The van der Waals surface area contributed by atoms with Crippen molar-refractivity contribution in [1.82, 2.24) is 14.9 Å². The number of carboxylic acids is 1. The number of aromatic nitrogens is 2. The molecule has 0 bridgehead atoms. The van der Waals surface area contributed by atoms with Gasteiger partial charge in [0.2, 0.25) is 5.95 Å². The molecule has 9 heteroatoms. The number of nitrogens with zero attached hydrogens (tertiary/aromatic N) is 3. The van der Waals surface area contributed by atoms with Gasteiger partial charge in [0.05, 0.1) is 29.0 Å². The van der Waals surface area contributed by atoms with Crippen LogP contribution in [0.3, 0.4) is 0 Å². The monoisotopic (exact) mass is 436 g/mol. The van der Waals surface area contributed by atoms with Crippen molar-refractivity contribution in [1.29, 1.82) is 0 Å². The van der Waals surface area contributed by atoms with Crippen molar-refractivity contribution in [3.05, 3.63) is 57.3 Å². The molecule has 0 amide bonds. The molecule has 0 aliphatic carbocycles. The van der Waals surface area contributed by atoms with Crippen molar-refractivity contribution in [3.63, 3.8) is 0 Å². The summed E-state index contributed by atoms with van der Waals surface area (Å²) in [5, 5.41) is 13.1. The molecule has 2 heterocycles. The van der Waals surface area contributed by atoms with Crippen LogP contribution in [0.2, 0.25) is 10.0 Å². The fourth-order valence-corrected chi connectivity index (χ4v) is 4.06. The molecular weight excluding hydrogens is 418 g/mol. The summed E-state index contributed by atoms with van der Waals surface area (Å²) in [7, 11) is 0. The van der Waals surface area contributed by atoms with Crippen molar-refractivity contribution in [2.75, 3.05) is 31.1 Å². The van der Waals surface area contributed by atoms with E-state index in [4.69, 9.17) is 28.2 Å². The first-order valence-corrected chi connectivity index (χ1v) is 9.98. The van der Waals surface area contributed by atoms with Crippen LogP contribution in [0.15, 0.2) is 30.3 Å². The first-order valence-electron chi connectivity index (χ1n) is 9.22. The van der Waals surface area contributed by atoms with Crippen molar-refractivity contribution >= 4 is 46.2 Å².